The lowest BCUT2D eigenvalue weighted by atomic mass is 10.00. The zero-order valence-corrected chi connectivity index (χ0v) is 16.0. The fraction of sp³-hybridized carbons (Fsp3) is 0.316. The zero-order chi connectivity index (χ0) is 18.7. The largest absolute Gasteiger partial charge is 0.496 e. The molecule has 0 saturated carbocycles. The molecule has 0 bridgehead atoms. The number of ether oxygens (including phenoxy) is 1. The molecule has 1 aliphatic rings. The van der Waals surface area contributed by atoms with Gasteiger partial charge in [-0.2, -0.15) is 0 Å². The molecule has 7 heteroatoms. The summed E-state index contributed by atoms with van der Waals surface area (Å²) in [5.74, 6) is -0.740. The topological polar surface area (TPSA) is 63.7 Å². The van der Waals surface area contributed by atoms with Crippen molar-refractivity contribution in [1.29, 1.82) is 0 Å². The van der Waals surface area contributed by atoms with Crippen LogP contribution in [0.15, 0.2) is 42.5 Å². The Bertz CT molecular complexity index is 927. The fourth-order valence-electron chi connectivity index (χ4n) is 3.14. The van der Waals surface area contributed by atoms with Crippen LogP contribution in [0.25, 0.3) is 0 Å². The van der Waals surface area contributed by atoms with Gasteiger partial charge in [-0.1, -0.05) is 35.9 Å². The molecular formula is C19H20ClNO4S. The van der Waals surface area contributed by atoms with Crippen LogP contribution in [0.1, 0.15) is 16.7 Å². The molecule has 3 rings (SSSR count). The maximum absolute atomic E-state index is 12.5. The van der Waals surface area contributed by atoms with Crippen LogP contribution in [-0.4, -0.2) is 38.6 Å². The third-order valence-electron chi connectivity index (χ3n) is 4.44. The van der Waals surface area contributed by atoms with Crippen molar-refractivity contribution in [3.63, 3.8) is 0 Å². The van der Waals surface area contributed by atoms with Crippen molar-refractivity contribution in [2.75, 3.05) is 19.4 Å². The van der Waals surface area contributed by atoms with Gasteiger partial charge in [0.05, 0.1) is 12.9 Å². The van der Waals surface area contributed by atoms with Crippen molar-refractivity contribution < 1.29 is 17.9 Å². The number of rotatable bonds is 5. The Morgan fingerprint density at radius 1 is 1.19 bits per heavy atom. The normalized spacial score (nSPS) is 14.0. The fourth-order valence-corrected chi connectivity index (χ4v) is 4.69. The van der Waals surface area contributed by atoms with Gasteiger partial charge >= 0.3 is 0 Å². The molecule has 0 aliphatic carbocycles. The molecule has 0 aromatic heterocycles. The Kier molecular flexibility index (Phi) is 5.53. The Morgan fingerprint density at radius 2 is 1.92 bits per heavy atom. The number of halogens is 1. The Labute approximate surface area is 158 Å². The summed E-state index contributed by atoms with van der Waals surface area (Å²) in [7, 11) is -2.17. The SMILES string of the molecule is COc1ccc(Cl)cc1CS(=O)(=O)CC(=O)N1CCc2ccccc2C1. The molecule has 1 aliphatic heterocycles. The quantitative estimate of drug-likeness (QED) is 0.783. The number of benzene rings is 2. The first-order chi connectivity index (χ1) is 12.4. The van der Waals surface area contributed by atoms with Crippen LogP contribution < -0.4 is 4.74 Å². The Balaban J connectivity index is 1.70. The summed E-state index contributed by atoms with van der Waals surface area (Å²) in [6.45, 7) is 0.983. The van der Waals surface area contributed by atoms with Crippen molar-refractivity contribution in [2.24, 2.45) is 0 Å². The van der Waals surface area contributed by atoms with Crippen molar-refractivity contribution in [3.05, 3.63) is 64.2 Å². The van der Waals surface area contributed by atoms with Crippen molar-refractivity contribution >= 4 is 27.3 Å². The van der Waals surface area contributed by atoms with E-state index in [2.05, 4.69) is 0 Å². The first-order valence-electron chi connectivity index (χ1n) is 8.25. The molecule has 5 nitrogen and oxygen atoms in total. The monoisotopic (exact) mass is 393 g/mol. The van der Waals surface area contributed by atoms with Gasteiger partial charge in [-0.25, -0.2) is 8.42 Å². The highest BCUT2D eigenvalue weighted by Gasteiger charge is 2.26. The second-order valence-electron chi connectivity index (χ2n) is 6.32. The van der Waals surface area contributed by atoms with Gasteiger partial charge in [0.15, 0.2) is 9.84 Å². The summed E-state index contributed by atoms with van der Waals surface area (Å²) >= 11 is 5.95. The average Bonchev–Trinajstić information content (AvgIpc) is 2.60. The summed E-state index contributed by atoms with van der Waals surface area (Å²) < 4.78 is 30.3. The second-order valence-corrected chi connectivity index (χ2v) is 8.82. The van der Waals surface area contributed by atoms with E-state index >= 15 is 0 Å². The van der Waals surface area contributed by atoms with Gasteiger partial charge < -0.3 is 9.64 Å². The van der Waals surface area contributed by atoms with Gasteiger partial charge in [-0.05, 0) is 35.7 Å². The van der Waals surface area contributed by atoms with E-state index in [0.717, 1.165) is 12.0 Å². The molecule has 0 fully saturated rings. The smallest absolute Gasteiger partial charge is 0.238 e. The number of carbonyl (C=O) groups is 1. The lowest BCUT2D eigenvalue weighted by Gasteiger charge is -2.28. The number of nitrogens with zero attached hydrogens (tertiary/aromatic N) is 1. The van der Waals surface area contributed by atoms with E-state index in [-0.39, 0.29) is 11.7 Å². The molecule has 1 amide bonds. The minimum atomic E-state index is -3.64. The number of hydrogen-bond acceptors (Lipinski definition) is 4. The number of sulfone groups is 1. The van der Waals surface area contributed by atoms with Gasteiger partial charge in [0, 0.05) is 23.7 Å². The van der Waals surface area contributed by atoms with Crippen molar-refractivity contribution in [1.82, 2.24) is 4.90 Å². The van der Waals surface area contributed by atoms with Crippen molar-refractivity contribution in [3.8, 4) is 5.75 Å². The van der Waals surface area contributed by atoms with E-state index in [0.29, 0.717) is 29.4 Å². The summed E-state index contributed by atoms with van der Waals surface area (Å²) in [4.78, 5) is 14.1. The highest BCUT2D eigenvalue weighted by molar-refractivity contribution is 7.91. The molecule has 138 valence electrons. The molecular weight excluding hydrogens is 374 g/mol. The molecule has 0 saturated heterocycles. The summed E-state index contributed by atoms with van der Waals surface area (Å²) in [5, 5.41) is 0.426. The van der Waals surface area contributed by atoms with Crippen LogP contribution in [-0.2, 0) is 33.4 Å². The lowest BCUT2D eigenvalue weighted by molar-refractivity contribution is -0.129. The van der Waals surface area contributed by atoms with Gasteiger partial charge in [-0.3, -0.25) is 4.79 Å². The standard InChI is InChI=1S/C19H20ClNO4S/c1-25-18-7-6-17(20)10-16(18)12-26(23,24)13-19(22)21-9-8-14-4-2-3-5-15(14)11-21/h2-7,10H,8-9,11-13H2,1H3. The summed E-state index contributed by atoms with van der Waals surface area (Å²) in [6, 6.07) is 12.7. The zero-order valence-electron chi connectivity index (χ0n) is 14.4. The number of hydrogen-bond donors (Lipinski definition) is 0. The van der Waals surface area contributed by atoms with E-state index in [4.69, 9.17) is 16.3 Å². The number of fused-ring (bicyclic) bond motifs is 1. The first-order valence-corrected chi connectivity index (χ1v) is 10.5. The van der Waals surface area contributed by atoms with E-state index in [1.54, 1.807) is 23.1 Å². The second kappa shape index (κ2) is 7.68. The predicted octanol–water partition coefficient (Wildman–Crippen LogP) is 2.85. The van der Waals surface area contributed by atoms with Crippen LogP contribution >= 0.6 is 11.6 Å². The van der Waals surface area contributed by atoms with Crippen LogP contribution in [0, 0.1) is 0 Å². The van der Waals surface area contributed by atoms with Crippen LogP contribution in [0.2, 0.25) is 5.02 Å². The van der Waals surface area contributed by atoms with E-state index in [1.807, 2.05) is 24.3 Å². The molecule has 0 spiro atoms. The highest BCUT2D eigenvalue weighted by Crippen LogP contribution is 2.25. The molecule has 0 atom stereocenters. The van der Waals surface area contributed by atoms with Gasteiger partial charge in [0.2, 0.25) is 5.91 Å². The maximum Gasteiger partial charge on any atom is 0.238 e. The summed E-state index contributed by atoms with van der Waals surface area (Å²) in [6.07, 6.45) is 0.740. The number of amides is 1. The van der Waals surface area contributed by atoms with Crippen LogP contribution in [0.3, 0.4) is 0 Å². The molecule has 0 radical (unpaired) electrons. The Morgan fingerprint density at radius 3 is 2.65 bits per heavy atom. The van der Waals surface area contributed by atoms with Gasteiger partial charge in [-0.15, -0.1) is 0 Å². The van der Waals surface area contributed by atoms with E-state index in [9.17, 15) is 13.2 Å². The minimum absolute atomic E-state index is 0.285. The van der Waals surface area contributed by atoms with E-state index in [1.165, 1.54) is 12.7 Å². The van der Waals surface area contributed by atoms with Crippen LogP contribution in [0.5, 0.6) is 5.75 Å². The molecule has 0 unspecified atom stereocenters. The minimum Gasteiger partial charge on any atom is -0.496 e. The first kappa shape index (κ1) is 18.7. The Hall–Kier alpha value is -2.05. The molecule has 0 N–H and O–H groups in total. The third kappa shape index (κ3) is 4.37. The maximum atomic E-state index is 12.5. The van der Waals surface area contributed by atoms with Gasteiger partial charge in [0.1, 0.15) is 11.5 Å². The predicted molar refractivity (Wildman–Crippen MR) is 101 cm³/mol. The van der Waals surface area contributed by atoms with Gasteiger partial charge in [0.25, 0.3) is 0 Å². The molecule has 2 aromatic rings. The molecule has 1 heterocycles. The number of carbonyl (C=O) groups excluding carboxylic acids is 1. The average molecular weight is 394 g/mol. The molecule has 2 aromatic carbocycles. The third-order valence-corrected chi connectivity index (χ3v) is 6.12. The molecule has 26 heavy (non-hydrogen) atoms. The number of methoxy groups -OCH3 is 1. The summed E-state index contributed by atoms with van der Waals surface area (Å²) in [5.41, 5.74) is 2.74. The van der Waals surface area contributed by atoms with Crippen LogP contribution in [0.4, 0.5) is 0 Å². The van der Waals surface area contributed by atoms with E-state index < -0.39 is 15.6 Å². The lowest BCUT2D eigenvalue weighted by Crippen LogP contribution is -2.39. The highest BCUT2D eigenvalue weighted by atomic mass is 35.5. The van der Waals surface area contributed by atoms with Crippen molar-refractivity contribution in [2.45, 2.75) is 18.7 Å².